The van der Waals surface area contributed by atoms with E-state index in [4.69, 9.17) is 9.47 Å². The van der Waals surface area contributed by atoms with E-state index in [1.165, 1.54) is 199 Å². The van der Waals surface area contributed by atoms with Gasteiger partial charge in [-0.15, -0.1) is 0 Å². The Labute approximate surface area is 374 Å². The highest BCUT2D eigenvalue weighted by molar-refractivity contribution is 5.70. The van der Waals surface area contributed by atoms with Crippen LogP contribution >= 0.6 is 0 Å². The quantitative estimate of drug-likeness (QED) is 0.0375. The van der Waals surface area contributed by atoms with E-state index >= 15 is 0 Å². The van der Waals surface area contributed by atoms with E-state index in [9.17, 15) is 14.7 Å². The molecule has 0 rings (SSSR count). The summed E-state index contributed by atoms with van der Waals surface area (Å²) >= 11 is 0. The molecular weight excluding hydrogens is 741 g/mol. The first-order chi connectivity index (χ1) is 29.6. The minimum atomic E-state index is -0.777. The van der Waals surface area contributed by atoms with E-state index in [2.05, 4.69) is 50.3 Å². The minimum Gasteiger partial charge on any atom is -0.462 e. The van der Waals surface area contributed by atoms with Gasteiger partial charge in [-0.2, -0.15) is 0 Å². The summed E-state index contributed by atoms with van der Waals surface area (Å²) in [7, 11) is 0. The van der Waals surface area contributed by atoms with Crippen molar-refractivity contribution in [3.63, 3.8) is 0 Å². The van der Waals surface area contributed by atoms with Crippen LogP contribution in [0.5, 0.6) is 0 Å². The largest absolute Gasteiger partial charge is 0.462 e. The number of hydrogen-bond acceptors (Lipinski definition) is 5. The molecule has 5 heteroatoms. The summed E-state index contributed by atoms with van der Waals surface area (Å²) in [5.74, 6) is -0.592. The molecule has 0 aromatic carbocycles. The van der Waals surface area contributed by atoms with Gasteiger partial charge < -0.3 is 14.6 Å². The molecule has 1 N–H and O–H groups in total. The van der Waals surface area contributed by atoms with Gasteiger partial charge in [0.1, 0.15) is 6.61 Å². The predicted molar refractivity (Wildman–Crippen MR) is 261 cm³/mol. The molecule has 0 aliphatic carbocycles. The zero-order valence-electron chi connectivity index (χ0n) is 40.2. The lowest BCUT2D eigenvalue weighted by atomic mass is 10.0. The number of aliphatic hydroxyl groups excluding tert-OH is 1. The maximum atomic E-state index is 12.3. The molecular formula is C55H102O5. The van der Waals surface area contributed by atoms with Crippen LogP contribution in [0.3, 0.4) is 0 Å². The van der Waals surface area contributed by atoms with Gasteiger partial charge in [0.25, 0.3) is 0 Å². The average molecular weight is 843 g/mol. The van der Waals surface area contributed by atoms with Crippen LogP contribution < -0.4 is 0 Å². The number of allylic oxidation sites excluding steroid dienone is 6. The summed E-state index contributed by atoms with van der Waals surface area (Å²) in [4.78, 5) is 24.5. The molecule has 0 aromatic heterocycles. The molecule has 5 nitrogen and oxygen atoms in total. The SMILES string of the molecule is CCCCC/C=C\C/C=C\C/C=C\CCCCCCCCC(=O)OC(CO)COC(=O)CCCCCCCCCCCCCCCCCCCCCCCCCCCCC. The molecule has 0 bridgehead atoms. The smallest absolute Gasteiger partial charge is 0.306 e. The van der Waals surface area contributed by atoms with Crippen LogP contribution in [-0.4, -0.2) is 36.4 Å². The number of rotatable bonds is 49. The van der Waals surface area contributed by atoms with E-state index in [-0.39, 0.29) is 25.2 Å². The zero-order chi connectivity index (χ0) is 43.5. The number of hydrogen-bond donors (Lipinski definition) is 1. The molecule has 0 spiro atoms. The van der Waals surface area contributed by atoms with Crippen LogP contribution in [0.1, 0.15) is 284 Å². The number of ether oxygens (including phenoxy) is 2. The van der Waals surface area contributed by atoms with Gasteiger partial charge in [-0.25, -0.2) is 0 Å². The van der Waals surface area contributed by atoms with E-state index < -0.39 is 6.10 Å². The molecule has 0 radical (unpaired) electrons. The first-order valence-electron chi connectivity index (χ1n) is 26.5. The van der Waals surface area contributed by atoms with Crippen LogP contribution in [0.15, 0.2) is 36.5 Å². The van der Waals surface area contributed by atoms with Crippen molar-refractivity contribution in [3.8, 4) is 0 Å². The first kappa shape index (κ1) is 58.1. The Morgan fingerprint density at radius 1 is 0.383 bits per heavy atom. The Hall–Kier alpha value is -1.88. The van der Waals surface area contributed by atoms with Crippen LogP contribution in [0.4, 0.5) is 0 Å². The van der Waals surface area contributed by atoms with Gasteiger partial charge in [0.05, 0.1) is 6.61 Å². The average Bonchev–Trinajstić information content (AvgIpc) is 3.25. The molecule has 0 amide bonds. The van der Waals surface area contributed by atoms with Crippen LogP contribution in [0, 0.1) is 0 Å². The van der Waals surface area contributed by atoms with Crippen molar-refractivity contribution in [1.82, 2.24) is 0 Å². The third kappa shape index (κ3) is 48.8. The monoisotopic (exact) mass is 843 g/mol. The van der Waals surface area contributed by atoms with Crippen molar-refractivity contribution in [3.05, 3.63) is 36.5 Å². The molecule has 352 valence electrons. The third-order valence-corrected chi connectivity index (χ3v) is 11.9. The van der Waals surface area contributed by atoms with Crippen molar-refractivity contribution in [2.75, 3.05) is 13.2 Å². The Morgan fingerprint density at radius 3 is 1.03 bits per heavy atom. The second-order valence-electron chi connectivity index (χ2n) is 18.0. The number of carbonyl (C=O) groups excluding carboxylic acids is 2. The third-order valence-electron chi connectivity index (χ3n) is 11.9. The highest BCUT2D eigenvalue weighted by atomic mass is 16.6. The summed E-state index contributed by atoms with van der Waals surface area (Å²) in [5.41, 5.74) is 0. The van der Waals surface area contributed by atoms with Crippen LogP contribution in [0.2, 0.25) is 0 Å². The Kier molecular flexibility index (Phi) is 49.9. The molecule has 0 aliphatic rings. The first-order valence-corrected chi connectivity index (χ1v) is 26.5. The minimum absolute atomic E-state index is 0.0676. The molecule has 0 saturated heterocycles. The van der Waals surface area contributed by atoms with Crippen molar-refractivity contribution in [2.24, 2.45) is 0 Å². The van der Waals surface area contributed by atoms with E-state index in [1.54, 1.807) is 0 Å². The van der Waals surface area contributed by atoms with Gasteiger partial charge in [0.15, 0.2) is 6.10 Å². The summed E-state index contributed by atoms with van der Waals surface area (Å²) in [6.45, 7) is 4.14. The fraction of sp³-hybridized carbons (Fsp3) is 0.855. The van der Waals surface area contributed by atoms with Crippen molar-refractivity contribution < 1.29 is 24.2 Å². The second kappa shape index (κ2) is 51.5. The van der Waals surface area contributed by atoms with Crippen molar-refractivity contribution in [2.45, 2.75) is 290 Å². The molecule has 60 heavy (non-hydrogen) atoms. The predicted octanol–water partition coefficient (Wildman–Crippen LogP) is 17.5. The summed E-state index contributed by atoms with van der Waals surface area (Å²) in [6.07, 6.45) is 65.4. The molecule has 0 saturated carbocycles. The fourth-order valence-electron chi connectivity index (χ4n) is 7.92. The molecule has 1 unspecified atom stereocenters. The zero-order valence-corrected chi connectivity index (χ0v) is 40.2. The van der Waals surface area contributed by atoms with Gasteiger partial charge in [-0.05, 0) is 51.4 Å². The summed E-state index contributed by atoms with van der Waals surface area (Å²) in [5, 5.41) is 9.63. The molecule has 1 atom stereocenters. The Bertz CT molecular complexity index is 955. The highest BCUT2D eigenvalue weighted by Crippen LogP contribution is 2.17. The molecule has 0 fully saturated rings. The lowest BCUT2D eigenvalue weighted by Gasteiger charge is -2.15. The summed E-state index contributed by atoms with van der Waals surface area (Å²) in [6, 6.07) is 0. The van der Waals surface area contributed by atoms with Gasteiger partial charge in [0.2, 0.25) is 0 Å². The molecule has 0 heterocycles. The number of carbonyl (C=O) groups is 2. The lowest BCUT2D eigenvalue weighted by Crippen LogP contribution is -2.28. The Morgan fingerprint density at radius 2 is 0.667 bits per heavy atom. The van der Waals surface area contributed by atoms with Gasteiger partial charge >= 0.3 is 11.9 Å². The molecule has 0 aliphatic heterocycles. The lowest BCUT2D eigenvalue weighted by molar-refractivity contribution is -0.161. The number of unbranched alkanes of at least 4 members (excludes halogenated alkanes) is 35. The standard InChI is InChI=1S/C55H102O5/c1-3-5-7-9-11-13-15-17-19-21-23-24-25-26-27-28-29-30-32-33-35-37-39-41-43-45-47-49-54(57)59-52-53(51-56)60-55(58)50-48-46-44-42-40-38-36-34-31-22-20-18-16-14-12-10-8-6-4-2/h12,14,18,20,31,34,53,56H,3-11,13,15-17,19,21-30,32-33,35-52H2,1-2H3/b14-12-,20-18-,34-31-. The van der Waals surface area contributed by atoms with Gasteiger partial charge in [-0.3, -0.25) is 9.59 Å². The normalized spacial score (nSPS) is 12.4. The van der Waals surface area contributed by atoms with Crippen LogP contribution in [-0.2, 0) is 19.1 Å². The topological polar surface area (TPSA) is 72.8 Å². The number of aliphatic hydroxyl groups is 1. The summed E-state index contributed by atoms with van der Waals surface area (Å²) < 4.78 is 10.7. The maximum Gasteiger partial charge on any atom is 0.306 e. The number of esters is 2. The Balaban J connectivity index is 3.45. The maximum absolute atomic E-state index is 12.3. The molecule has 0 aromatic rings. The second-order valence-corrected chi connectivity index (χ2v) is 18.0. The van der Waals surface area contributed by atoms with E-state index in [1.807, 2.05) is 0 Å². The van der Waals surface area contributed by atoms with Crippen LogP contribution in [0.25, 0.3) is 0 Å². The van der Waals surface area contributed by atoms with Crippen molar-refractivity contribution >= 4 is 11.9 Å². The van der Waals surface area contributed by atoms with E-state index in [0.717, 1.165) is 57.8 Å². The van der Waals surface area contributed by atoms with E-state index in [0.29, 0.717) is 12.8 Å². The van der Waals surface area contributed by atoms with Gasteiger partial charge in [0, 0.05) is 12.8 Å². The van der Waals surface area contributed by atoms with Crippen molar-refractivity contribution in [1.29, 1.82) is 0 Å². The van der Waals surface area contributed by atoms with Gasteiger partial charge in [-0.1, -0.05) is 256 Å². The fourth-order valence-corrected chi connectivity index (χ4v) is 7.92. The highest BCUT2D eigenvalue weighted by Gasteiger charge is 2.16.